The predicted octanol–water partition coefficient (Wildman–Crippen LogP) is 4.06. The Bertz CT molecular complexity index is 951. The summed E-state index contributed by atoms with van der Waals surface area (Å²) in [6.07, 6.45) is 2.87. The molecule has 1 amide bonds. The average Bonchev–Trinajstić information content (AvgIpc) is 2.80. The monoisotopic (exact) mass is 366 g/mol. The lowest BCUT2D eigenvalue weighted by Crippen LogP contribution is -2.38. The van der Waals surface area contributed by atoms with Crippen LogP contribution in [0.1, 0.15) is 29.7 Å². The van der Waals surface area contributed by atoms with Crippen LogP contribution in [0.15, 0.2) is 30.3 Å². The van der Waals surface area contributed by atoms with Crippen molar-refractivity contribution in [3.05, 3.63) is 40.8 Å². The van der Waals surface area contributed by atoms with Gasteiger partial charge < -0.3 is 10.6 Å². The second-order valence-corrected chi connectivity index (χ2v) is 7.91. The van der Waals surface area contributed by atoms with E-state index >= 15 is 0 Å². The van der Waals surface area contributed by atoms with Gasteiger partial charge in [-0.25, -0.2) is 9.97 Å². The third-order valence-electron chi connectivity index (χ3n) is 4.91. The Morgan fingerprint density at radius 1 is 1.15 bits per heavy atom. The zero-order valence-electron chi connectivity index (χ0n) is 15.0. The first-order valence-electron chi connectivity index (χ1n) is 9.01. The van der Waals surface area contributed by atoms with E-state index in [2.05, 4.69) is 24.5 Å². The van der Waals surface area contributed by atoms with Gasteiger partial charge in [0.2, 0.25) is 5.91 Å². The molecule has 134 valence electrons. The highest BCUT2D eigenvalue weighted by molar-refractivity contribution is 7.18. The minimum Gasteiger partial charge on any atom is -0.358 e. The molecule has 0 unspecified atom stereocenters. The maximum atomic E-state index is 12.4. The lowest BCUT2D eigenvalue weighted by atomic mass is 10.1. The van der Waals surface area contributed by atoms with E-state index in [0.29, 0.717) is 5.82 Å². The Balaban J connectivity index is 1.82. The number of rotatable bonds is 3. The first kappa shape index (κ1) is 17.0. The van der Waals surface area contributed by atoms with Crippen LogP contribution in [-0.4, -0.2) is 28.5 Å². The first-order chi connectivity index (χ1) is 12.6. The minimum atomic E-state index is -0.251. The van der Waals surface area contributed by atoms with Gasteiger partial charge in [-0.1, -0.05) is 30.3 Å². The van der Waals surface area contributed by atoms with E-state index < -0.39 is 0 Å². The number of thiophene rings is 1. The van der Waals surface area contributed by atoms with Crippen molar-refractivity contribution in [1.29, 1.82) is 0 Å². The van der Waals surface area contributed by atoms with Crippen molar-refractivity contribution in [1.82, 2.24) is 15.3 Å². The summed E-state index contributed by atoms with van der Waals surface area (Å²) in [5.41, 5.74) is 2.16. The highest BCUT2D eigenvalue weighted by Crippen LogP contribution is 2.35. The topological polar surface area (TPSA) is 66.9 Å². The summed E-state index contributed by atoms with van der Waals surface area (Å²) in [6.45, 7) is 4.95. The van der Waals surface area contributed by atoms with Gasteiger partial charge in [-0.15, -0.1) is 11.3 Å². The summed E-state index contributed by atoms with van der Waals surface area (Å²) in [5.74, 6) is 1.51. The predicted molar refractivity (Wildman–Crippen MR) is 107 cm³/mol. The summed E-state index contributed by atoms with van der Waals surface area (Å²) in [7, 11) is 0. The van der Waals surface area contributed by atoms with Crippen molar-refractivity contribution in [2.24, 2.45) is 0 Å². The standard InChI is InChI=1S/C20H22N4OS/c1-12-13(2)26-20-16(12)18(22-15-10-6-7-11-21-19(15)25)23-17(24-20)14-8-4-3-5-9-14/h3-5,8-9,15H,6-7,10-11H2,1-2H3,(H,21,25)(H,22,23,24)/t15-/m1/s1. The molecule has 0 aliphatic carbocycles. The summed E-state index contributed by atoms with van der Waals surface area (Å²) < 4.78 is 0. The van der Waals surface area contributed by atoms with E-state index in [0.717, 1.165) is 47.4 Å². The second kappa shape index (κ2) is 7.03. The second-order valence-electron chi connectivity index (χ2n) is 6.71. The summed E-state index contributed by atoms with van der Waals surface area (Å²) in [4.78, 5) is 24.2. The van der Waals surface area contributed by atoms with Gasteiger partial charge in [0.1, 0.15) is 16.7 Å². The molecule has 0 saturated carbocycles. The van der Waals surface area contributed by atoms with Crippen LogP contribution in [0.3, 0.4) is 0 Å². The first-order valence-corrected chi connectivity index (χ1v) is 9.82. The molecular weight excluding hydrogens is 344 g/mol. The lowest BCUT2D eigenvalue weighted by molar-refractivity contribution is -0.121. The van der Waals surface area contributed by atoms with Crippen molar-refractivity contribution < 1.29 is 4.79 Å². The Hall–Kier alpha value is -2.47. The maximum absolute atomic E-state index is 12.4. The van der Waals surface area contributed by atoms with E-state index in [1.54, 1.807) is 11.3 Å². The van der Waals surface area contributed by atoms with Gasteiger partial charge in [-0.05, 0) is 38.7 Å². The van der Waals surface area contributed by atoms with Gasteiger partial charge in [0.15, 0.2) is 5.82 Å². The number of carbonyl (C=O) groups excluding carboxylic acids is 1. The number of fused-ring (bicyclic) bond motifs is 1. The quantitative estimate of drug-likeness (QED) is 0.734. The zero-order valence-corrected chi connectivity index (χ0v) is 15.8. The smallest absolute Gasteiger partial charge is 0.242 e. The van der Waals surface area contributed by atoms with Crippen LogP contribution < -0.4 is 10.6 Å². The molecule has 2 N–H and O–H groups in total. The Labute approximate surface area is 156 Å². The molecule has 1 saturated heterocycles. The fraction of sp³-hybridized carbons (Fsp3) is 0.350. The normalized spacial score (nSPS) is 17.8. The highest BCUT2D eigenvalue weighted by Gasteiger charge is 2.23. The van der Waals surface area contributed by atoms with Crippen LogP contribution >= 0.6 is 11.3 Å². The van der Waals surface area contributed by atoms with Crippen molar-refractivity contribution in [2.45, 2.75) is 39.2 Å². The van der Waals surface area contributed by atoms with Crippen LogP contribution in [-0.2, 0) is 4.79 Å². The van der Waals surface area contributed by atoms with Gasteiger partial charge in [0.05, 0.1) is 5.39 Å². The molecule has 2 aromatic heterocycles. The molecule has 1 atom stereocenters. The fourth-order valence-electron chi connectivity index (χ4n) is 3.31. The van der Waals surface area contributed by atoms with Gasteiger partial charge in [0, 0.05) is 17.0 Å². The number of benzene rings is 1. The molecule has 3 aromatic rings. The van der Waals surface area contributed by atoms with Gasteiger partial charge in [-0.2, -0.15) is 0 Å². The molecule has 1 fully saturated rings. The summed E-state index contributed by atoms with van der Waals surface area (Å²) in [5, 5.41) is 7.44. The van der Waals surface area contributed by atoms with E-state index in [-0.39, 0.29) is 11.9 Å². The molecule has 0 bridgehead atoms. The zero-order chi connectivity index (χ0) is 18.1. The van der Waals surface area contributed by atoms with E-state index in [1.165, 1.54) is 10.4 Å². The number of anilines is 1. The number of carbonyl (C=O) groups is 1. The van der Waals surface area contributed by atoms with Crippen molar-refractivity contribution >= 4 is 33.3 Å². The molecule has 1 aliphatic rings. The molecule has 1 aromatic carbocycles. The van der Waals surface area contributed by atoms with Crippen LogP contribution in [0.4, 0.5) is 5.82 Å². The molecule has 6 heteroatoms. The van der Waals surface area contributed by atoms with Crippen molar-refractivity contribution in [3.63, 3.8) is 0 Å². The molecular formula is C20H22N4OS. The number of aryl methyl sites for hydroxylation is 2. The average molecular weight is 366 g/mol. The van der Waals surface area contributed by atoms with Gasteiger partial charge in [0.25, 0.3) is 0 Å². The molecule has 26 heavy (non-hydrogen) atoms. The number of amides is 1. The van der Waals surface area contributed by atoms with Gasteiger partial charge >= 0.3 is 0 Å². The number of hydrogen-bond donors (Lipinski definition) is 2. The molecule has 1 aliphatic heterocycles. The van der Waals surface area contributed by atoms with E-state index in [1.807, 2.05) is 30.3 Å². The Morgan fingerprint density at radius 2 is 1.96 bits per heavy atom. The molecule has 0 radical (unpaired) electrons. The number of nitrogens with one attached hydrogen (secondary N) is 2. The molecule has 5 nitrogen and oxygen atoms in total. The molecule has 0 spiro atoms. The minimum absolute atomic E-state index is 0.0557. The number of nitrogens with zero attached hydrogens (tertiary/aromatic N) is 2. The van der Waals surface area contributed by atoms with Crippen molar-refractivity contribution in [2.75, 3.05) is 11.9 Å². The van der Waals surface area contributed by atoms with Crippen LogP contribution in [0.2, 0.25) is 0 Å². The molecule has 4 rings (SSSR count). The van der Waals surface area contributed by atoms with E-state index in [9.17, 15) is 4.79 Å². The number of hydrogen-bond acceptors (Lipinski definition) is 5. The highest BCUT2D eigenvalue weighted by atomic mass is 32.1. The Morgan fingerprint density at radius 3 is 2.77 bits per heavy atom. The summed E-state index contributed by atoms with van der Waals surface area (Å²) in [6, 6.07) is 9.72. The van der Waals surface area contributed by atoms with Crippen LogP contribution in [0.25, 0.3) is 21.6 Å². The van der Waals surface area contributed by atoms with Gasteiger partial charge in [-0.3, -0.25) is 4.79 Å². The molecule has 3 heterocycles. The lowest BCUT2D eigenvalue weighted by Gasteiger charge is -2.17. The SMILES string of the molecule is Cc1sc2nc(-c3ccccc3)nc(N[C@@H]3CCCCNC3=O)c2c1C. The largest absolute Gasteiger partial charge is 0.358 e. The third-order valence-corrected chi connectivity index (χ3v) is 6.01. The Kier molecular flexibility index (Phi) is 4.59. The number of aromatic nitrogens is 2. The van der Waals surface area contributed by atoms with Crippen LogP contribution in [0.5, 0.6) is 0 Å². The van der Waals surface area contributed by atoms with Crippen molar-refractivity contribution in [3.8, 4) is 11.4 Å². The van der Waals surface area contributed by atoms with Crippen LogP contribution in [0, 0.1) is 13.8 Å². The maximum Gasteiger partial charge on any atom is 0.242 e. The fourth-order valence-corrected chi connectivity index (χ4v) is 4.34. The summed E-state index contributed by atoms with van der Waals surface area (Å²) >= 11 is 1.68. The third kappa shape index (κ3) is 3.17. The van der Waals surface area contributed by atoms with E-state index in [4.69, 9.17) is 9.97 Å².